The fraction of sp³-hybridized carbons (Fsp3) is 0.500. The summed E-state index contributed by atoms with van der Waals surface area (Å²) in [5, 5.41) is 9.79. The van der Waals surface area contributed by atoms with Gasteiger partial charge in [0.25, 0.3) is 0 Å². The average Bonchev–Trinajstić information content (AvgIpc) is 3.35. The summed E-state index contributed by atoms with van der Waals surface area (Å²) in [6.07, 6.45) is 1.94. The van der Waals surface area contributed by atoms with Crippen molar-refractivity contribution in [3.63, 3.8) is 0 Å². The lowest BCUT2D eigenvalue weighted by molar-refractivity contribution is -0.118. The molecule has 0 saturated carbocycles. The Morgan fingerprint density at radius 1 is 1.39 bits per heavy atom. The van der Waals surface area contributed by atoms with Crippen LogP contribution in [-0.2, 0) is 22.6 Å². The van der Waals surface area contributed by atoms with E-state index in [9.17, 15) is 9.59 Å². The van der Waals surface area contributed by atoms with E-state index < -0.39 is 0 Å². The van der Waals surface area contributed by atoms with Crippen molar-refractivity contribution < 1.29 is 19.0 Å². The molecule has 152 valence electrons. The van der Waals surface area contributed by atoms with Crippen LogP contribution < -0.4 is 20.5 Å². The van der Waals surface area contributed by atoms with E-state index in [1.165, 1.54) is 16.3 Å². The number of amides is 1. The Labute approximate surface area is 166 Å². The van der Waals surface area contributed by atoms with Crippen LogP contribution in [0.1, 0.15) is 18.4 Å². The van der Waals surface area contributed by atoms with E-state index in [2.05, 4.69) is 15.5 Å². The Morgan fingerprint density at radius 3 is 2.93 bits per heavy atom. The molecule has 2 heterocycles. The van der Waals surface area contributed by atoms with E-state index in [0.717, 1.165) is 25.0 Å². The minimum Gasteiger partial charge on any atom is -0.493 e. The van der Waals surface area contributed by atoms with Gasteiger partial charge in [-0.15, -0.1) is 5.10 Å². The summed E-state index contributed by atoms with van der Waals surface area (Å²) < 4.78 is 17.6. The molecule has 0 aliphatic carbocycles. The smallest absolute Gasteiger partial charge is 0.344 e. The van der Waals surface area contributed by atoms with Crippen molar-refractivity contribution in [2.75, 3.05) is 26.6 Å². The SMILES string of the molecule is COc1ccc(CNC(=O)CSc2n[nH]c(=O)n2C[C@H]2CCCO2)cc1OC. The second kappa shape index (κ2) is 9.65. The Kier molecular flexibility index (Phi) is 6.99. The van der Waals surface area contributed by atoms with Gasteiger partial charge >= 0.3 is 5.69 Å². The van der Waals surface area contributed by atoms with Crippen LogP contribution in [0.15, 0.2) is 28.2 Å². The van der Waals surface area contributed by atoms with Crippen LogP contribution in [0.5, 0.6) is 11.5 Å². The van der Waals surface area contributed by atoms with Gasteiger partial charge in [0, 0.05) is 13.2 Å². The number of benzene rings is 1. The van der Waals surface area contributed by atoms with Crippen molar-refractivity contribution in [3.8, 4) is 11.5 Å². The number of carbonyl (C=O) groups is 1. The first-order valence-corrected chi connectivity index (χ1v) is 9.96. The fourth-order valence-electron chi connectivity index (χ4n) is 2.94. The summed E-state index contributed by atoms with van der Waals surface area (Å²) in [7, 11) is 3.14. The fourth-order valence-corrected chi connectivity index (χ4v) is 3.72. The predicted molar refractivity (Wildman–Crippen MR) is 104 cm³/mol. The monoisotopic (exact) mass is 408 g/mol. The summed E-state index contributed by atoms with van der Waals surface area (Å²) in [5.41, 5.74) is 0.606. The Balaban J connectivity index is 1.51. The molecular formula is C18H24N4O5S. The molecule has 1 atom stereocenters. The molecule has 2 N–H and O–H groups in total. The maximum Gasteiger partial charge on any atom is 0.344 e. The summed E-state index contributed by atoms with van der Waals surface area (Å²) in [4.78, 5) is 24.1. The normalized spacial score (nSPS) is 16.1. The molecule has 1 saturated heterocycles. The first-order valence-electron chi connectivity index (χ1n) is 8.98. The minimum absolute atomic E-state index is 0.0218. The number of hydrogen-bond donors (Lipinski definition) is 2. The van der Waals surface area contributed by atoms with Crippen molar-refractivity contribution in [3.05, 3.63) is 34.2 Å². The molecule has 1 aromatic carbocycles. The van der Waals surface area contributed by atoms with Crippen LogP contribution in [0.3, 0.4) is 0 Å². The number of carbonyl (C=O) groups excluding carboxylic acids is 1. The van der Waals surface area contributed by atoms with Crippen molar-refractivity contribution in [2.45, 2.75) is 37.2 Å². The van der Waals surface area contributed by atoms with E-state index in [4.69, 9.17) is 14.2 Å². The van der Waals surface area contributed by atoms with Gasteiger partial charge in [-0.3, -0.25) is 9.36 Å². The molecule has 1 aliphatic rings. The molecule has 1 amide bonds. The number of methoxy groups -OCH3 is 2. The van der Waals surface area contributed by atoms with Crippen molar-refractivity contribution in [2.24, 2.45) is 0 Å². The van der Waals surface area contributed by atoms with E-state index >= 15 is 0 Å². The van der Waals surface area contributed by atoms with Crippen molar-refractivity contribution in [1.82, 2.24) is 20.1 Å². The number of aromatic nitrogens is 3. The third-order valence-corrected chi connectivity index (χ3v) is 5.38. The first-order chi connectivity index (χ1) is 13.6. The van der Waals surface area contributed by atoms with Crippen LogP contribution in [-0.4, -0.2) is 53.4 Å². The molecule has 9 nitrogen and oxygen atoms in total. The molecule has 10 heteroatoms. The van der Waals surface area contributed by atoms with Crippen LogP contribution in [0.4, 0.5) is 0 Å². The highest BCUT2D eigenvalue weighted by Crippen LogP contribution is 2.27. The Hall–Kier alpha value is -2.46. The molecule has 3 rings (SSSR count). The summed E-state index contributed by atoms with van der Waals surface area (Å²) in [6, 6.07) is 5.48. The number of rotatable bonds is 9. The summed E-state index contributed by atoms with van der Waals surface area (Å²) in [6.45, 7) is 1.53. The molecule has 2 aromatic rings. The summed E-state index contributed by atoms with van der Waals surface area (Å²) >= 11 is 1.22. The molecule has 0 spiro atoms. The van der Waals surface area contributed by atoms with E-state index in [1.807, 2.05) is 12.1 Å². The predicted octanol–water partition coefficient (Wildman–Crippen LogP) is 1.18. The largest absolute Gasteiger partial charge is 0.493 e. The van der Waals surface area contributed by atoms with E-state index in [0.29, 0.717) is 29.7 Å². The topological polar surface area (TPSA) is 107 Å². The Bertz CT molecular complexity index is 860. The Morgan fingerprint density at radius 2 is 2.21 bits per heavy atom. The van der Waals surface area contributed by atoms with Crippen LogP contribution in [0, 0.1) is 0 Å². The lowest BCUT2D eigenvalue weighted by Gasteiger charge is -2.11. The molecule has 1 fully saturated rings. The zero-order chi connectivity index (χ0) is 19.9. The molecule has 0 unspecified atom stereocenters. The number of H-pyrrole nitrogens is 1. The third kappa shape index (κ3) is 5.08. The number of aromatic amines is 1. The van der Waals surface area contributed by atoms with Crippen molar-refractivity contribution >= 4 is 17.7 Å². The van der Waals surface area contributed by atoms with E-state index in [1.54, 1.807) is 20.3 Å². The molecule has 0 bridgehead atoms. The van der Waals surface area contributed by atoms with Gasteiger partial charge < -0.3 is 19.5 Å². The van der Waals surface area contributed by atoms with Crippen LogP contribution >= 0.6 is 11.8 Å². The van der Waals surface area contributed by atoms with Crippen LogP contribution in [0.25, 0.3) is 0 Å². The quantitative estimate of drug-likeness (QED) is 0.600. The number of thioether (sulfide) groups is 1. The zero-order valence-electron chi connectivity index (χ0n) is 15.9. The number of nitrogens with one attached hydrogen (secondary N) is 2. The highest BCUT2D eigenvalue weighted by Gasteiger charge is 2.20. The highest BCUT2D eigenvalue weighted by atomic mass is 32.2. The van der Waals surface area contributed by atoms with Gasteiger partial charge in [-0.05, 0) is 30.5 Å². The lowest BCUT2D eigenvalue weighted by Crippen LogP contribution is -2.26. The van der Waals surface area contributed by atoms with E-state index in [-0.39, 0.29) is 23.5 Å². The minimum atomic E-state index is -0.288. The second-order valence-electron chi connectivity index (χ2n) is 6.31. The molecular weight excluding hydrogens is 384 g/mol. The van der Waals surface area contributed by atoms with Gasteiger partial charge in [0.05, 0.1) is 32.6 Å². The highest BCUT2D eigenvalue weighted by molar-refractivity contribution is 7.99. The molecule has 1 aromatic heterocycles. The molecule has 0 radical (unpaired) electrons. The number of hydrogen-bond acceptors (Lipinski definition) is 7. The summed E-state index contributed by atoms with van der Waals surface area (Å²) in [5.74, 6) is 1.25. The first kappa shape index (κ1) is 20.3. The number of nitrogens with zero attached hydrogens (tertiary/aromatic N) is 2. The third-order valence-electron chi connectivity index (χ3n) is 4.40. The van der Waals surface area contributed by atoms with Crippen molar-refractivity contribution in [1.29, 1.82) is 0 Å². The van der Waals surface area contributed by atoms with Crippen LogP contribution in [0.2, 0.25) is 0 Å². The number of ether oxygens (including phenoxy) is 3. The maximum absolute atomic E-state index is 12.2. The standard InChI is InChI=1S/C18H24N4O5S/c1-25-14-6-5-12(8-15(14)26-2)9-19-16(23)11-28-18-21-20-17(24)22(18)10-13-4-3-7-27-13/h5-6,8,13H,3-4,7,9-11H2,1-2H3,(H,19,23)(H,20,24)/t13-/m1/s1. The second-order valence-corrected chi connectivity index (χ2v) is 7.25. The maximum atomic E-state index is 12.2. The molecule has 28 heavy (non-hydrogen) atoms. The van der Waals surface area contributed by atoms with Gasteiger partial charge in [0.15, 0.2) is 16.7 Å². The average molecular weight is 408 g/mol. The zero-order valence-corrected chi connectivity index (χ0v) is 16.7. The molecule has 1 aliphatic heterocycles. The van der Waals surface area contributed by atoms with Gasteiger partial charge in [-0.2, -0.15) is 0 Å². The van der Waals surface area contributed by atoms with Gasteiger partial charge in [0.1, 0.15) is 0 Å². The van der Waals surface area contributed by atoms with Gasteiger partial charge in [-0.25, -0.2) is 9.89 Å². The lowest BCUT2D eigenvalue weighted by atomic mass is 10.2. The van der Waals surface area contributed by atoms with Gasteiger partial charge in [-0.1, -0.05) is 17.8 Å². The van der Waals surface area contributed by atoms with Gasteiger partial charge in [0.2, 0.25) is 5.91 Å².